The van der Waals surface area contributed by atoms with Gasteiger partial charge in [-0.3, -0.25) is 9.36 Å². The zero-order chi connectivity index (χ0) is 42.8. The second-order valence-corrected chi connectivity index (χ2v) is 19.6. The summed E-state index contributed by atoms with van der Waals surface area (Å²) in [5, 5.41) is 13.7. The largest absolute Gasteiger partial charge is 0.756 e. The number of nitrogens with one attached hydrogen (secondary N) is 1. The summed E-state index contributed by atoms with van der Waals surface area (Å²) < 4.78 is 23.1. The molecule has 1 amide bonds. The number of hydrogen-bond acceptors (Lipinski definition) is 6. The number of rotatable bonds is 45. The normalized spacial score (nSPS) is 14.4. The van der Waals surface area contributed by atoms with Crippen LogP contribution in [0.5, 0.6) is 0 Å². The molecule has 0 saturated carbocycles. The fourth-order valence-corrected chi connectivity index (χ4v) is 7.95. The maximum absolute atomic E-state index is 12.8. The lowest BCUT2D eigenvalue weighted by atomic mass is 10.0. The Hall–Kier alpha value is -1.02. The Morgan fingerprint density at radius 2 is 0.966 bits per heavy atom. The number of allylic oxidation sites excluding steroid dienone is 3. The SMILES string of the molecule is CCCCC/C=C/CC/C=C/C(O)C(COP(=O)([O-])OCC[N+](C)(C)C)NC(=O)CCCCCCCCCCCCCCCCCCCCCCCCCCCCC. The minimum Gasteiger partial charge on any atom is -0.756 e. The summed E-state index contributed by atoms with van der Waals surface area (Å²) in [6.45, 7) is 4.59. The monoisotopic (exact) mass is 841 g/mol. The predicted octanol–water partition coefficient (Wildman–Crippen LogP) is 13.5. The molecule has 9 heteroatoms. The number of carbonyl (C=O) groups excluding carboxylic acids is 1. The van der Waals surface area contributed by atoms with E-state index >= 15 is 0 Å². The number of aliphatic hydroxyl groups is 1. The quantitative estimate of drug-likeness (QED) is 0.0274. The summed E-state index contributed by atoms with van der Waals surface area (Å²) in [5.41, 5.74) is 0. The number of hydrogen-bond donors (Lipinski definition) is 2. The number of amides is 1. The molecule has 0 rings (SSSR count). The van der Waals surface area contributed by atoms with Gasteiger partial charge in [0.25, 0.3) is 7.82 Å². The molecule has 0 fully saturated rings. The van der Waals surface area contributed by atoms with E-state index in [0.29, 0.717) is 17.4 Å². The summed E-state index contributed by atoms with van der Waals surface area (Å²) in [7, 11) is 1.25. The van der Waals surface area contributed by atoms with E-state index in [4.69, 9.17) is 9.05 Å². The topological polar surface area (TPSA) is 108 Å². The molecule has 0 saturated heterocycles. The van der Waals surface area contributed by atoms with Gasteiger partial charge in [0, 0.05) is 6.42 Å². The highest BCUT2D eigenvalue weighted by Crippen LogP contribution is 2.38. The third kappa shape index (κ3) is 43.1. The molecule has 0 aliphatic carbocycles. The Morgan fingerprint density at radius 1 is 0.586 bits per heavy atom. The van der Waals surface area contributed by atoms with Crippen molar-refractivity contribution in [2.24, 2.45) is 0 Å². The summed E-state index contributed by atoms with van der Waals surface area (Å²) >= 11 is 0. The van der Waals surface area contributed by atoms with Gasteiger partial charge in [-0.05, 0) is 32.1 Å². The van der Waals surface area contributed by atoms with Gasteiger partial charge in [0.1, 0.15) is 13.2 Å². The standard InChI is InChI=1S/C49H97N2O6P/c1-6-8-10-12-14-16-17-18-19-20-21-22-23-24-25-26-27-28-29-30-31-32-33-35-37-39-41-43-49(53)50-47(46-57-58(54,55)56-45-44-51(3,4)5)48(52)42-40-38-36-34-15-13-11-9-7-2/h15,34,40,42,47-48,52H,6-14,16-33,35-39,41,43-46H2,1-5H3,(H-,50,53,54,55)/b34-15+,42-40+. The summed E-state index contributed by atoms with van der Waals surface area (Å²) in [5.74, 6) is -0.206. The number of quaternary nitrogens is 1. The van der Waals surface area contributed by atoms with Crippen LogP contribution in [-0.4, -0.2) is 68.5 Å². The van der Waals surface area contributed by atoms with Crippen LogP contribution in [0.4, 0.5) is 0 Å². The molecule has 3 atom stereocenters. The van der Waals surface area contributed by atoms with Crippen molar-refractivity contribution >= 4 is 13.7 Å². The first kappa shape index (κ1) is 57.0. The van der Waals surface area contributed by atoms with Crippen LogP contribution in [0, 0.1) is 0 Å². The Balaban J connectivity index is 4.04. The van der Waals surface area contributed by atoms with Crippen LogP contribution in [0.1, 0.15) is 232 Å². The minimum atomic E-state index is -4.59. The van der Waals surface area contributed by atoms with Crippen molar-refractivity contribution < 1.29 is 32.9 Å². The van der Waals surface area contributed by atoms with Crippen molar-refractivity contribution in [1.29, 1.82) is 0 Å². The zero-order valence-electron chi connectivity index (χ0n) is 39.0. The molecule has 0 aromatic rings. The molecule has 0 aliphatic heterocycles. The molecular formula is C49H97N2O6P. The van der Waals surface area contributed by atoms with Crippen molar-refractivity contribution in [3.63, 3.8) is 0 Å². The van der Waals surface area contributed by atoms with Crippen molar-refractivity contribution in [1.82, 2.24) is 5.32 Å². The fourth-order valence-electron chi connectivity index (χ4n) is 7.23. The van der Waals surface area contributed by atoms with E-state index in [0.717, 1.165) is 38.5 Å². The van der Waals surface area contributed by atoms with Crippen LogP contribution in [0.2, 0.25) is 0 Å². The van der Waals surface area contributed by atoms with Crippen molar-refractivity contribution in [3.8, 4) is 0 Å². The molecule has 2 N–H and O–H groups in total. The molecule has 0 heterocycles. The Kier molecular flexibility index (Phi) is 40.6. The average Bonchev–Trinajstić information content (AvgIpc) is 3.17. The van der Waals surface area contributed by atoms with Gasteiger partial charge >= 0.3 is 0 Å². The molecule has 344 valence electrons. The first-order valence-corrected chi connectivity index (χ1v) is 26.2. The molecule has 3 unspecified atom stereocenters. The first-order valence-electron chi connectivity index (χ1n) is 24.7. The number of aliphatic hydroxyl groups excluding tert-OH is 1. The van der Waals surface area contributed by atoms with Crippen LogP contribution < -0.4 is 10.2 Å². The van der Waals surface area contributed by atoms with Crippen LogP contribution in [0.15, 0.2) is 24.3 Å². The molecule has 8 nitrogen and oxygen atoms in total. The molecule has 0 bridgehead atoms. The van der Waals surface area contributed by atoms with Crippen molar-refractivity contribution in [2.45, 2.75) is 244 Å². The lowest BCUT2D eigenvalue weighted by molar-refractivity contribution is -0.870. The summed E-state index contributed by atoms with van der Waals surface area (Å²) in [6, 6.07) is -0.897. The lowest BCUT2D eigenvalue weighted by Crippen LogP contribution is -2.45. The van der Waals surface area contributed by atoms with Gasteiger partial charge in [0.15, 0.2) is 0 Å². The number of carbonyl (C=O) groups is 1. The Labute approximate surface area is 360 Å². The maximum atomic E-state index is 12.8. The van der Waals surface area contributed by atoms with Gasteiger partial charge in [-0.2, -0.15) is 0 Å². The number of nitrogens with zero attached hydrogens (tertiary/aromatic N) is 1. The number of phosphoric acid groups is 1. The highest BCUT2D eigenvalue weighted by molar-refractivity contribution is 7.45. The van der Waals surface area contributed by atoms with E-state index < -0.39 is 20.0 Å². The first-order chi connectivity index (χ1) is 28.0. The van der Waals surface area contributed by atoms with Gasteiger partial charge in [0.2, 0.25) is 5.91 Å². The van der Waals surface area contributed by atoms with E-state index in [2.05, 4.69) is 31.3 Å². The highest BCUT2D eigenvalue weighted by atomic mass is 31.2. The third-order valence-electron chi connectivity index (χ3n) is 11.2. The Bertz CT molecular complexity index is 1000. The summed E-state index contributed by atoms with van der Waals surface area (Å²) in [4.78, 5) is 25.3. The highest BCUT2D eigenvalue weighted by Gasteiger charge is 2.23. The molecule has 0 spiro atoms. The maximum Gasteiger partial charge on any atom is 0.268 e. The van der Waals surface area contributed by atoms with Crippen molar-refractivity contribution in [2.75, 3.05) is 40.9 Å². The predicted molar refractivity (Wildman–Crippen MR) is 247 cm³/mol. The smallest absolute Gasteiger partial charge is 0.268 e. The second-order valence-electron chi connectivity index (χ2n) is 18.2. The lowest BCUT2D eigenvalue weighted by Gasteiger charge is -2.29. The zero-order valence-corrected chi connectivity index (χ0v) is 39.9. The minimum absolute atomic E-state index is 0.00461. The van der Waals surface area contributed by atoms with Gasteiger partial charge in [0.05, 0.1) is 39.9 Å². The third-order valence-corrected chi connectivity index (χ3v) is 12.1. The Morgan fingerprint density at radius 3 is 1.40 bits per heavy atom. The number of phosphoric ester groups is 1. The summed E-state index contributed by atoms with van der Waals surface area (Å²) in [6.07, 6.45) is 49.8. The fraction of sp³-hybridized carbons (Fsp3) is 0.898. The van der Waals surface area contributed by atoms with Crippen molar-refractivity contribution in [3.05, 3.63) is 24.3 Å². The van der Waals surface area contributed by atoms with Gasteiger partial charge in [-0.15, -0.1) is 0 Å². The van der Waals surface area contributed by atoms with Crippen LogP contribution in [-0.2, 0) is 18.4 Å². The number of unbranched alkanes of at least 4 members (excludes halogenated alkanes) is 30. The van der Waals surface area contributed by atoms with Gasteiger partial charge < -0.3 is 28.8 Å². The second kappa shape index (κ2) is 41.3. The van der Waals surface area contributed by atoms with Crippen LogP contribution in [0.3, 0.4) is 0 Å². The molecule has 0 aromatic carbocycles. The molecule has 0 aliphatic rings. The van der Waals surface area contributed by atoms with Crippen LogP contribution in [0.25, 0.3) is 0 Å². The average molecular weight is 841 g/mol. The van der Waals surface area contributed by atoms with E-state index in [9.17, 15) is 19.4 Å². The van der Waals surface area contributed by atoms with Gasteiger partial charge in [-0.25, -0.2) is 0 Å². The van der Waals surface area contributed by atoms with Crippen LogP contribution >= 0.6 is 7.82 Å². The van der Waals surface area contributed by atoms with E-state index in [1.165, 1.54) is 173 Å². The molecular weight excluding hydrogens is 744 g/mol. The molecule has 58 heavy (non-hydrogen) atoms. The van der Waals surface area contributed by atoms with E-state index in [-0.39, 0.29) is 19.1 Å². The molecule has 0 radical (unpaired) electrons. The van der Waals surface area contributed by atoms with E-state index in [1.807, 2.05) is 27.2 Å². The molecule has 0 aromatic heterocycles. The van der Waals surface area contributed by atoms with Gasteiger partial charge in [-0.1, -0.05) is 218 Å². The number of likely N-dealkylation sites (N-methyl/N-ethyl adjacent to an activating group) is 1. The van der Waals surface area contributed by atoms with E-state index in [1.54, 1.807) is 6.08 Å².